The van der Waals surface area contributed by atoms with Crippen molar-refractivity contribution in [1.82, 2.24) is 0 Å². The van der Waals surface area contributed by atoms with Gasteiger partial charge in [0.2, 0.25) is 0 Å². The number of hydrogen-bond donors (Lipinski definition) is 0. The fourth-order valence-electron chi connectivity index (χ4n) is 0.644. The lowest BCUT2D eigenvalue weighted by Crippen LogP contribution is -2.08. The first-order valence-corrected chi connectivity index (χ1v) is 5.89. The number of esters is 2. The van der Waals surface area contributed by atoms with Crippen molar-refractivity contribution in [2.24, 2.45) is 0 Å². The zero-order valence-electron chi connectivity index (χ0n) is 12.4. The van der Waals surface area contributed by atoms with E-state index in [1.165, 1.54) is 13.8 Å². The molecule has 0 amide bonds. The van der Waals surface area contributed by atoms with Gasteiger partial charge in [-0.1, -0.05) is 13.2 Å². The summed E-state index contributed by atoms with van der Waals surface area (Å²) in [6, 6.07) is 0. The lowest BCUT2D eigenvalue weighted by atomic mass is 10.4. The fraction of sp³-hybridized carbons (Fsp3) is 0.143. The van der Waals surface area contributed by atoms with E-state index >= 15 is 0 Å². The molecule has 0 aromatic heterocycles. The van der Waals surface area contributed by atoms with Crippen molar-refractivity contribution in [1.29, 1.82) is 0 Å². The Morgan fingerprint density at radius 2 is 1.09 bits per heavy atom. The average molecular weight is 326 g/mol. The van der Waals surface area contributed by atoms with E-state index in [-0.39, 0.29) is 11.1 Å². The van der Waals surface area contributed by atoms with Crippen LogP contribution in [0.1, 0.15) is 13.8 Å². The largest absolute Gasteiger partial charge is 0.431 e. The summed E-state index contributed by atoms with van der Waals surface area (Å²) in [6.07, 6.45) is 2.86. The van der Waals surface area contributed by atoms with Crippen molar-refractivity contribution < 1.29 is 43.5 Å². The number of hydrogen-bond acceptors (Lipinski definition) is 9. The van der Waals surface area contributed by atoms with Gasteiger partial charge in [-0.3, -0.25) is 9.78 Å². The Morgan fingerprint density at radius 3 is 1.39 bits per heavy atom. The Hall–Kier alpha value is -3.20. The Bertz CT molecular complexity index is 519. The minimum absolute atomic E-state index is 0.132. The van der Waals surface area contributed by atoms with E-state index in [1.54, 1.807) is 0 Å². The number of rotatable bonds is 8. The lowest BCUT2D eigenvalue weighted by Gasteiger charge is -1.98. The van der Waals surface area contributed by atoms with Gasteiger partial charge in [-0.25, -0.2) is 19.2 Å². The second kappa shape index (κ2) is 10.5. The van der Waals surface area contributed by atoms with Gasteiger partial charge in [-0.2, -0.15) is 0 Å². The van der Waals surface area contributed by atoms with Crippen molar-refractivity contribution >= 4 is 23.9 Å². The molecule has 0 saturated carbocycles. The molecule has 0 radical (unpaired) electrons. The first kappa shape index (κ1) is 19.8. The van der Waals surface area contributed by atoms with Gasteiger partial charge in [0.1, 0.15) is 12.5 Å². The SMILES string of the molecule is C=C(C)C(=O)OC=CC(=O)OOOC(=O)C=COC(=O)C(=C)C. The molecule has 0 spiro atoms. The van der Waals surface area contributed by atoms with Crippen molar-refractivity contribution in [3.05, 3.63) is 49.0 Å². The van der Waals surface area contributed by atoms with E-state index in [1.807, 2.05) is 0 Å². The maximum atomic E-state index is 11.0. The second-order valence-electron chi connectivity index (χ2n) is 3.85. The third-order valence-electron chi connectivity index (χ3n) is 1.69. The van der Waals surface area contributed by atoms with Crippen LogP contribution in [0.15, 0.2) is 49.0 Å². The van der Waals surface area contributed by atoms with Gasteiger partial charge in [-0.05, 0) is 13.8 Å². The van der Waals surface area contributed by atoms with Crippen LogP contribution in [0.2, 0.25) is 0 Å². The summed E-state index contributed by atoms with van der Waals surface area (Å²) in [5.41, 5.74) is 0.264. The molecule has 0 aliphatic heterocycles. The fourth-order valence-corrected chi connectivity index (χ4v) is 0.644. The van der Waals surface area contributed by atoms with Crippen LogP contribution in [0.3, 0.4) is 0 Å². The van der Waals surface area contributed by atoms with Crippen molar-refractivity contribution in [3.8, 4) is 0 Å². The highest BCUT2D eigenvalue weighted by Gasteiger charge is 2.06. The third-order valence-corrected chi connectivity index (χ3v) is 1.69. The predicted molar refractivity (Wildman–Crippen MR) is 73.4 cm³/mol. The normalized spacial score (nSPS) is 10.2. The zero-order valence-corrected chi connectivity index (χ0v) is 12.4. The molecule has 9 nitrogen and oxygen atoms in total. The maximum Gasteiger partial charge on any atom is 0.373 e. The number of carbonyl (C=O) groups is 4. The molecule has 0 aromatic rings. The standard InChI is InChI=1S/C14H14O9/c1-9(2)13(17)19-7-5-11(15)21-23-22-12(16)6-8-20-14(18)10(3)4/h5-8H,1,3H2,2,4H3. The molecule has 0 aliphatic carbocycles. The quantitative estimate of drug-likeness (QED) is 0.213. The van der Waals surface area contributed by atoms with E-state index in [4.69, 9.17) is 0 Å². The van der Waals surface area contributed by atoms with E-state index < -0.39 is 23.9 Å². The van der Waals surface area contributed by atoms with Gasteiger partial charge < -0.3 is 9.47 Å². The van der Waals surface area contributed by atoms with Crippen LogP contribution in [0.5, 0.6) is 0 Å². The van der Waals surface area contributed by atoms with E-state index in [0.29, 0.717) is 12.2 Å². The minimum Gasteiger partial charge on any atom is -0.431 e. The second-order valence-corrected chi connectivity index (χ2v) is 3.85. The number of ether oxygens (including phenoxy) is 2. The van der Waals surface area contributed by atoms with Crippen LogP contribution in [0.4, 0.5) is 0 Å². The molecule has 0 heterocycles. The Morgan fingerprint density at radius 1 is 0.739 bits per heavy atom. The monoisotopic (exact) mass is 326 g/mol. The van der Waals surface area contributed by atoms with Crippen molar-refractivity contribution in [2.75, 3.05) is 0 Å². The third kappa shape index (κ3) is 10.2. The molecular weight excluding hydrogens is 312 g/mol. The van der Waals surface area contributed by atoms with E-state index in [2.05, 4.69) is 37.4 Å². The molecule has 0 bridgehead atoms. The molecule has 124 valence electrons. The molecule has 0 N–H and O–H groups in total. The molecule has 23 heavy (non-hydrogen) atoms. The summed E-state index contributed by atoms with van der Waals surface area (Å²) in [5, 5.41) is 3.85. The molecule has 0 atom stereocenters. The van der Waals surface area contributed by atoms with Gasteiger partial charge in [0.15, 0.2) is 0 Å². The summed E-state index contributed by atoms with van der Waals surface area (Å²) < 4.78 is 8.89. The van der Waals surface area contributed by atoms with Gasteiger partial charge in [0, 0.05) is 16.2 Å². The topological polar surface area (TPSA) is 114 Å². The molecule has 0 unspecified atom stereocenters. The molecular formula is C14H14O9. The molecule has 0 saturated heterocycles. The van der Waals surface area contributed by atoms with Crippen molar-refractivity contribution in [2.45, 2.75) is 13.8 Å². The molecule has 0 aromatic carbocycles. The van der Waals surface area contributed by atoms with Gasteiger partial charge in [0.25, 0.3) is 0 Å². The summed E-state index contributed by atoms with van der Waals surface area (Å²) in [4.78, 5) is 51.9. The molecule has 0 aliphatic rings. The summed E-state index contributed by atoms with van der Waals surface area (Å²) in [7, 11) is 0. The average Bonchev–Trinajstić information content (AvgIpc) is 2.46. The molecule has 0 rings (SSSR count). The summed E-state index contributed by atoms with van der Waals surface area (Å²) >= 11 is 0. The smallest absolute Gasteiger partial charge is 0.373 e. The summed E-state index contributed by atoms with van der Waals surface area (Å²) in [5.74, 6) is -3.72. The van der Waals surface area contributed by atoms with Gasteiger partial charge in [0.05, 0.1) is 12.2 Å². The first-order chi connectivity index (χ1) is 10.7. The highest BCUT2D eigenvalue weighted by Crippen LogP contribution is 1.95. The molecule has 0 fully saturated rings. The van der Waals surface area contributed by atoms with Crippen LogP contribution in [-0.4, -0.2) is 23.9 Å². The Labute approximate surface area is 131 Å². The first-order valence-electron chi connectivity index (χ1n) is 5.89. The van der Waals surface area contributed by atoms with Crippen molar-refractivity contribution in [3.63, 3.8) is 0 Å². The van der Waals surface area contributed by atoms with Crippen LogP contribution >= 0.6 is 0 Å². The predicted octanol–water partition coefficient (Wildman–Crippen LogP) is 1.19. The van der Waals surface area contributed by atoms with E-state index in [0.717, 1.165) is 12.5 Å². The molecule has 9 heteroatoms. The van der Waals surface area contributed by atoms with Crippen LogP contribution in [0, 0.1) is 0 Å². The minimum atomic E-state index is -1.12. The highest BCUT2D eigenvalue weighted by molar-refractivity contribution is 5.88. The Balaban J connectivity index is 3.97. The van der Waals surface area contributed by atoms with E-state index in [9.17, 15) is 19.2 Å². The van der Waals surface area contributed by atoms with Crippen LogP contribution in [-0.2, 0) is 43.5 Å². The zero-order chi connectivity index (χ0) is 17.8. The lowest BCUT2D eigenvalue weighted by molar-refractivity contribution is -0.455. The summed E-state index contributed by atoms with van der Waals surface area (Å²) in [6.45, 7) is 9.46. The van der Waals surface area contributed by atoms with Crippen LogP contribution < -0.4 is 0 Å². The Kier molecular flexibility index (Phi) is 9.05. The van der Waals surface area contributed by atoms with Gasteiger partial charge >= 0.3 is 23.9 Å². The van der Waals surface area contributed by atoms with Crippen LogP contribution in [0.25, 0.3) is 0 Å². The maximum absolute atomic E-state index is 11.0. The highest BCUT2D eigenvalue weighted by atomic mass is 17.5. The van der Waals surface area contributed by atoms with Gasteiger partial charge in [-0.15, -0.1) is 0 Å². The number of carbonyl (C=O) groups excluding carboxylic acids is 4.